The zero-order valence-corrected chi connectivity index (χ0v) is 25.3. The van der Waals surface area contributed by atoms with Crippen LogP contribution in [-0.4, -0.2) is 58.0 Å². The third-order valence-electron chi connectivity index (χ3n) is 12.9. The van der Waals surface area contributed by atoms with Crippen molar-refractivity contribution in [3.05, 3.63) is 35.4 Å². The van der Waals surface area contributed by atoms with Crippen molar-refractivity contribution >= 4 is 5.78 Å². The predicted molar refractivity (Wildman–Crippen MR) is 154 cm³/mol. The van der Waals surface area contributed by atoms with E-state index in [0.29, 0.717) is 48.1 Å². The van der Waals surface area contributed by atoms with E-state index < -0.39 is 17.3 Å². The number of fused-ring (bicyclic) bond motifs is 5. The normalized spacial score (nSPS) is 43.9. The molecule has 4 saturated carbocycles. The molecule has 1 aliphatic heterocycles. The first kappa shape index (κ1) is 29.6. The molecule has 1 aromatic rings. The number of rotatable bonds is 4. The molecule has 0 amide bonds. The van der Waals surface area contributed by atoms with E-state index in [1.807, 2.05) is 0 Å². The molecule has 1 N–H and O–H groups in total. The second kappa shape index (κ2) is 10.3. The number of aliphatic hydroxyl groups is 1. The highest BCUT2D eigenvalue weighted by Gasteiger charge is 2.61. The zero-order valence-electron chi connectivity index (χ0n) is 25.3. The van der Waals surface area contributed by atoms with Crippen molar-refractivity contribution in [2.75, 3.05) is 19.6 Å². The Hall–Kier alpha value is -1.44. The fourth-order valence-electron chi connectivity index (χ4n) is 10.4. The summed E-state index contributed by atoms with van der Waals surface area (Å²) in [6.07, 6.45) is 4.85. The van der Waals surface area contributed by atoms with Crippen molar-refractivity contribution in [3.63, 3.8) is 0 Å². The Kier molecular flexibility index (Phi) is 7.47. The monoisotopic (exact) mass is 574 g/mol. The van der Waals surface area contributed by atoms with Crippen molar-refractivity contribution in [2.24, 2.45) is 34.5 Å². The summed E-state index contributed by atoms with van der Waals surface area (Å²) in [5.74, 6) is 2.93. The molecule has 7 heteroatoms. The maximum absolute atomic E-state index is 13.2. The smallest absolute Gasteiger partial charge is 0.389 e. The first-order valence-electron chi connectivity index (χ1n) is 16.1. The van der Waals surface area contributed by atoms with Crippen LogP contribution in [0.3, 0.4) is 0 Å². The Morgan fingerprint density at radius 2 is 1.68 bits per heavy atom. The number of hydrogen-bond donors (Lipinski definition) is 1. The summed E-state index contributed by atoms with van der Waals surface area (Å²) in [5.41, 5.74) is -0.423. The number of carbonyl (C=O) groups excluding carboxylic acids is 1. The maximum Gasteiger partial charge on any atom is 0.416 e. The molecule has 0 spiro atoms. The molecule has 4 nitrogen and oxygen atoms in total. The number of ketones is 1. The first-order chi connectivity index (χ1) is 19.2. The van der Waals surface area contributed by atoms with Gasteiger partial charge in [-0.1, -0.05) is 32.0 Å². The topological polar surface area (TPSA) is 43.8 Å². The Morgan fingerprint density at radius 3 is 2.44 bits per heavy atom. The highest BCUT2D eigenvalue weighted by molar-refractivity contribution is 5.87. The van der Waals surface area contributed by atoms with E-state index in [2.05, 4.69) is 37.5 Å². The van der Waals surface area contributed by atoms with Crippen LogP contribution >= 0.6 is 0 Å². The van der Waals surface area contributed by atoms with Gasteiger partial charge < -0.3 is 5.11 Å². The van der Waals surface area contributed by atoms with E-state index >= 15 is 0 Å². The number of Topliss-reactive ketones (excluding diaryl/α,β-unsaturated/α-hetero) is 1. The molecule has 0 aromatic heterocycles. The molecule has 6 rings (SSSR count). The van der Waals surface area contributed by atoms with Crippen LogP contribution in [0.25, 0.3) is 0 Å². The van der Waals surface area contributed by atoms with Crippen molar-refractivity contribution in [1.82, 2.24) is 9.80 Å². The van der Waals surface area contributed by atoms with Crippen LogP contribution in [0.4, 0.5) is 13.2 Å². The van der Waals surface area contributed by atoms with E-state index in [4.69, 9.17) is 0 Å². The minimum absolute atomic E-state index is 0.0874. The third-order valence-corrected chi connectivity index (χ3v) is 12.9. The molecule has 41 heavy (non-hydrogen) atoms. The molecule has 1 heterocycles. The quantitative estimate of drug-likeness (QED) is 0.423. The molecule has 1 aromatic carbocycles. The number of nitrogens with zero attached hydrogens (tertiary/aromatic N) is 2. The summed E-state index contributed by atoms with van der Waals surface area (Å²) < 4.78 is 39.7. The summed E-state index contributed by atoms with van der Waals surface area (Å²) in [6.45, 7) is 11.9. The molecule has 4 aliphatic carbocycles. The summed E-state index contributed by atoms with van der Waals surface area (Å²) in [7, 11) is 0. The van der Waals surface area contributed by atoms with Crippen LogP contribution in [0.15, 0.2) is 24.3 Å². The van der Waals surface area contributed by atoms with Crippen LogP contribution in [0, 0.1) is 34.5 Å². The summed E-state index contributed by atoms with van der Waals surface area (Å²) in [6, 6.07) is 6.11. The Morgan fingerprint density at radius 1 is 0.951 bits per heavy atom. The summed E-state index contributed by atoms with van der Waals surface area (Å²) in [5, 5.41) is 12.0. The average molecular weight is 575 g/mol. The number of alkyl halides is 3. The molecular weight excluding hydrogens is 525 g/mol. The van der Waals surface area contributed by atoms with Gasteiger partial charge in [-0.15, -0.1) is 0 Å². The second-order valence-electron chi connectivity index (χ2n) is 15.3. The second-order valence-corrected chi connectivity index (χ2v) is 15.3. The Balaban J connectivity index is 1.08. The van der Waals surface area contributed by atoms with Crippen LogP contribution in [-0.2, 0) is 17.5 Å². The van der Waals surface area contributed by atoms with Gasteiger partial charge in [-0.3, -0.25) is 14.6 Å². The van der Waals surface area contributed by atoms with Gasteiger partial charge in [0.1, 0.15) is 5.78 Å². The predicted octanol–water partition coefficient (Wildman–Crippen LogP) is 6.94. The van der Waals surface area contributed by atoms with Crippen LogP contribution in [0.2, 0.25) is 0 Å². The van der Waals surface area contributed by atoms with Gasteiger partial charge in [-0.25, -0.2) is 0 Å². The van der Waals surface area contributed by atoms with Gasteiger partial charge in [0.05, 0.1) is 11.2 Å². The summed E-state index contributed by atoms with van der Waals surface area (Å²) >= 11 is 0. The molecule has 0 radical (unpaired) electrons. The van der Waals surface area contributed by atoms with E-state index in [-0.39, 0.29) is 22.9 Å². The molecule has 228 valence electrons. The number of hydrogen-bond acceptors (Lipinski definition) is 4. The summed E-state index contributed by atoms with van der Waals surface area (Å²) in [4.78, 5) is 17.5. The van der Waals surface area contributed by atoms with Crippen molar-refractivity contribution in [3.8, 4) is 0 Å². The van der Waals surface area contributed by atoms with Gasteiger partial charge in [-0.2, -0.15) is 13.2 Å². The van der Waals surface area contributed by atoms with Gasteiger partial charge in [0.15, 0.2) is 0 Å². The van der Waals surface area contributed by atoms with Gasteiger partial charge in [0, 0.05) is 50.1 Å². The van der Waals surface area contributed by atoms with Crippen LogP contribution in [0.5, 0.6) is 0 Å². The lowest BCUT2D eigenvalue weighted by Crippen LogP contribution is -2.62. The highest BCUT2D eigenvalue weighted by Crippen LogP contribution is 2.66. The minimum Gasteiger partial charge on any atom is -0.389 e. The average Bonchev–Trinajstić information content (AvgIpc) is 3.21. The molecular formula is C34H49F3N2O2. The third kappa shape index (κ3) is 5.20. The molecule has 5 fully saturated rings. The number of benzene rings is 1. The lowest BCUT2D eigenvalue weighted by molar-refractivity contribution is -0.160. The van der Waals surface area contributed by atoms with E-state index in [1.54, 1.807) is 6.07 Å². The lowest BCUT2D eigenvalue weighted by Gasteiger charge is -2.61. The van der Waals surface area contributed by atoms with Gasteiger partial charge in [0.25, 0.3) is 0 Å². The molecule has 2 unspecified atom stereocenters. The first-order valence-corrected chi connectivity index (χ1v) is 16.1. The van der Waals surface area contributed by atoms with Crippen molar-refractivity contribution in [1.29, 1.82) is 0 Å². The fraction of sp³-hybridized carbons (Fsp3) is 0.794. The number of β-amino-alcohol motifs (C(OH)–C–C–N with tert-alkyl or cyclic N) is 1. The van der Waals surface area contributed by atoms with E-state index in [0.717, 1.165) is 70.5 Å². The fourth-order valence-corrected chi connectivity index (χ4v) is 10.4. The van der Waals surface area contributed by atoms with Crippen molar-refractivity contribution in [2.45, 2.75) is 116 Å². The molecule has 9 atom stereocenters. The lowest BCUT2D eigenvalue weighted by atomic mass is 9.44. The number of halogens is 3. The van der Waals surface area contributed by atoms with Crippen LogP contribution < -0.4 is 0 Å². The Bertz CT molecular complexity index is 1160. The zero-order chi connectivity index (χ0) is 29.4. The molecule has 5 aliphatic rings. The largest absolute Gasteiger partial charge is 0.416 e. The minimum atomic E-state index is -4.33. The molecule has 0 bridgehead atoms. The SMILES string of the molecule is CC1CN(C[C@@]2(O)CC[C@@]3(C)[C@@H](CC[C@@H]4[C@@H]3CC[C@]3(C)C(=O)CC[C@@H]43)C2)C(C)CN1Cc1cccc(C(F)(F)F)c1. The Labute approximate surface area is 244 Å². The standard InChI is InChI=1S/C34H49F3N2O2/c1-22-19-39(23(2)18-38(22)20-24-6-5-7-25(16-24)34(35,36)37)21-33(41)15-14-31(3)26(17-33)8-9-27-28-10-11-30(40)32(28,4)13-12-29(27)31/h5-7,16,22-23,26-29,41H,8-15,17-21H2,1-4H3/t22?,23?,26-,27-,28-,29-,31-,32-,33+/m0/s1. The molecule has 1 saturated heterocycles. The van der Waals surface area contributed by atoms with E-state index in [9.17, 15) is 23.1 Å². The highest BCUT2D eigenvalue weighted by atomic mass is 19.4. The van der Waals surface area contributed by atoms with Gasteiger partial charge in [-0.05, 0) is 106 Å². The van der Waals surface area contributed by atoms with Crippen LogP contribution in [0.1, 0.15) is 96.6 Å². The number of piperazine rings is 1. The number of carbonyl (C=O) groups is 1. The van der Waals surface area contributed by atoms with Gasteiger partial charge >= 0.3 is 6.18 Å². The van der Waals surface area contributed by atoms with E-state index in [1.165, 1.54) is 18.6 Å². The maximum atomic E-state index is 13.2. The van der Waals surface area contributed by atoms with Crippen molar-refractivity contribution < 1.29 is 23.1 Å². The van der Waals surface area contributed by atoms with Gasteiger partial charge in [0.2, 0.25) is 0 Å².